The highest BCUT2D eigenvalue weighted by Gasteiger charge is 2.08. The second-order valence-corrected chi connectivity index (χ2v) is 4.15. The number of hydrogen-bond donors (Lipinski definition) is 1. The molecule has 2 aromatic rings. The number of hydrogen-bond acceptors (Lipinski definition) is 1. The molecule has 0 aromatic heterocycles. The highest BCUT2D eigenvalue weighted by Crippen LogP contribution is 2.21. The molecule has 0 saturated heterocycles. The number of halogens is 1. The van der Waals surface area contributed by atoms with Gasteiger partial charge in [-0.3, -0.25) is 0 Å². The third-order valence-electron chi connectivity index (χ3n) is 2.07. The van der Waals surface area contributed by atoms with Gasteiger partial charge in [-0.2, -0.15) is 0 Å². The summed E-state index contributed by atoms with van der Waals surface area (Å²) in [7, 11) is 0. The van der Waals surface area contributed by atoms with Crippen LogP contribution in [-0.4, -0.2) is 11.1 Å². The van der Waals surface area contributed by atoms with Gasteiger partial charge in [0.15, 0.2) is 0 Å². The summed E-state index contributed by atoms with van der Waals surface area (Å²) in [6.45, 7) is 8.00. The van der Waals surface area contributed by atoms with E-state index in [1.807, 2.05) is 80.6 Å². The molecule has 0 fully saturated rings. The molecule has 0 saturated carbocycles. The first-order chi connectivity index (χ1) is 8.68. The molecule has 0 aliphatic heterocycles. The molecule has 18 heavy (non-hydrogen) atoms. The van der Waals surface area contributed by atoms with Crippen LogP contribution in [0.5, 0.6) is 0 Å². The van der Waals surface area contributed by atoms with E-state index in [1.165, 1.54) is 0 Å². The van der Waals surface area contributed by atoms with Crippen LogP contribution in [0.4, 0.5) is 0 Å². The molecule has 98 valence electrons. The maximum atomic E-state index is 10.9. The molecule has 0 atom stereocenters. The molecule has 0 unspecified atom stereocenters. The van der Waals surface area contributed by atoms with Crippen LogP contribution < -0.4 is 0 Å². The fraction of sp³-hybridized carbons (Fsp3) is 0.267. The van der Waals surface area contributed by atoms with Gasteiger partial charge < -0.3 is 5.11 Å². The summed E-state index contributed by atoms with van der Waals surface area (Å²) in [6.07, 6.45) is 0. The van der Waals surface area contributed by atoms with Crippen molar-refractivity contribution in [3.8, 4) is 0 Å². The lowest BCUT2D eigenvalue weighted by Gasteiger charge is -2.02. The van der Waals surface area contributed by atoms with E-state index in [4.69, 9.17) is 5.11 Å². The highest BCUT2D eigenvalue weighted by atomic mass is 127. The fourth-order valence-electron chi connectivity index (χ4n) is 1.38. The number of carboxylic acids is 1. The lowest BCUT2D eigenvalue weighted by atomic mass is 10.1. The molecule has 2 nitrogen and oxygen atoms in total. The highest BCUT2D eigenvalue weighted by molar-refractivity contribution is 14.1. The molecule has 0 bridgehead atoms. The zero-order valence-corrected chi connectivity index (χ0v) is 13.4. The predicted molar refractivity (Wildman–Crippen MR) is 86.3 cm³/mol. The lowest BCUT2D eigenvalue weighted by Crippen LogP contribution is -1.99. The van der Waals surface area contributed by atoms with Crippen LogP contribution >= 0.6 is 22.6 Å². The van der Waals surface area contributed by atoms with Crippen molar-refractivity contribution >= 4 is 39.3 Å². The van der Waals surface area contributed by atoms with Gasteiger partial charge in [-0.25, -0.2) is 4.79 Å². The van der Waals surface area contributed by atoms with Gasteiger partial charge in [0, 0.05) is 3.57 Å². The van der Waals surface area contributed by atoms with Crippen molar-refractivity contribution in [3.63, 3.8) is 0 Å². The van der Waals surface area contributed by atoms with Crippen molar-refractivity contribution < 1.29 is 9.90 Å². The third-order valence-corrected chi connectivity index (χ3v) is 2.96. The van der Waals surface area contributed by atoms with E-state index in [9.17, 15) is 4.79 Å². The molecule has 3 heteroatoms. The molecular weight excluding hydrogens is 339 g/mol. The Morgan fingerprint density at radius 3 is 1.89 bits per heavy atom. The van der Waals surface area contributed by atoms with E-state index < -0.39 is 5.97 Å². The number of benzene rings is 2. The fourth-order valence-corrected chi connectivity index (χ4v) is 2.10. The number of carboxylic acid groups (broad SMARTS) is 1. The minimum absolute atomic E-state index is 0.365. The van der Waals surface area contributed by atoms with Crippen molar-refractivity contribution in [1.82, 2.24) is 0 Å². The molecule has 0 heterocycles. The molecule has 0 radical (unpaired) electrons. The summed E-state index contributed by atoms with van der Waals surface area (Å²) < 4.78 is 0.772. The maximum Gasteiger partial charge on any atom is 0.336 e. The average molecular weight is 358 g/mol. The van der Waals surface area contributed by atoms with Gasteiger partial charge >= 0.3 is 5.97 Å². The number of fused-ring (bicyclic) bond motifs is 1. The minimum Gasteiger partial charge on any atom is -0.478 e. The summed E-state index contributed by atoms with van der Waals surface area (Å²) in [5.74, 6) is -0.875. The lowest BCUT2D eigenvalue weighted by molar-refractivity contribution is 0.0696. The van der Waals surface area contributed by atoms with Gasteiger partial charge in [0.2, 0.25) is 0 Å². The Morgan fingerprint density at radius 2 is 1.44 bits per heavy atom. The summed E-state index contributed by atoms with van der Waals surface area (Å²) in [6, 6.07) is 11.3. The van der Waals surface area contributed by atoms with Crippen LogP contribution in [0.1, 0.15) is 38.1 Å². The Kier molecular flexibility index (Phi) is 8.37. The molecule has 2 rings (SSSR count). The topological polar surface area (TPSA) is 37.3 Å². The van der Waals surface area contributed by atoms with Crippen LogP contribution in [-0.2, 0) is 0 Å². The Morgan fingerprint density at radius 1 is 1.00 bits per heavy atom. The Labute approximate surface area is 122 Å². The number of aromatic carboxylic acids is 1. The zero-order chi connectivity index (χ0) is 14.1. The maximum absolute atomic E-state index is 10.9. The molecule has 0 aliphatic carbocycles. The first-order valence-corrected chi connectivity index (χ1v) is 7.18. The molecule has 0 amide bonds. The van der Waals surface area contributed by atoms with Crippen LogP contribution in [0.2, 0.25) is 0 Å². The third kappa shape index (κ3) is 4.29. The van der Waals surface area contributed by atoms with E-state index in [2.05, 4.69) is 0 Å². The first-order valence-electron chi connectivity index (χ1n) is 6.10. The molecule has 1 N–H and O–H groups in total. The van der Waals surface area contributed by atoms with Gasteiger partial charge in [-0.05, 0) is 45.5 Å². The first kappa shape index (κ1) is 16.9. The quantitative estimate of drug-likeness (QED) is 0.712. The molecule has 0 spiro atoms. The van der Waals surface area contributed by atoms with Crippen LogP contribution in [0.25, 0.3) is 10.8 Å². The zero-order valence-electron chi connectivity index (χ0n) is 11.2. The van der Waals surface area contributed by atoms with Crippen LogP contribution in [0.15, 0.2) is 36.4 Å². The van der Waals surface area contributed by atoms with Gasteiger partial charge in [-0.15, -0.1) is 0 Å². The summed E-state index contributed by atoms with van der Waals surface area (Å²) in [5, 5.41) is 11.0. The normalized spacial score (nSPS) is 8.72. The summed E-state index contributed by atoms with van der Waals surface area (Å²) in [4.78, 5) is 10.9. The Bertz CT molecular complexity index is 507. The largest absolute Gasteiger partial charge is 0.478 e. The average Bonchev–Trinajstić information content (AvgIpc) is 2.42. The van der Waals surface area contributed by atoms with Crippen molar-refractivity contribution in [3.05, 3.63) is 45.5 Å². The van der Waals surface area contributed by atoms with Gasteiger partial charge in [-0.1, -0.05) is 52.0 Å². The van der Waals surface area contributed by atoms with E-state index in [1.54, 1.807) is 6.07 Å². The van der Waals surface area contributed by atoms with E-state index in [0.29, 0.717) is 5.56 Å². The Balaban J connectivity index is 0.000000659. The summed E-state index contributed by atoms with van der Waals surface area (Å²) in [5.41, 5.74) is 0.365. The second-order valence-electron chi connectivity index (χ2n) is 2.98. The summed E-state index contributed by atoms with van der Waals surface area (Å²) >= 11 is 2.04. The predicted octanol–water partition coefficient (Wildman–Crippen LogP) is 5.20. The van der Waals surface area contributed by atoms with E-state index >= 15 is 0 Å². The molecular formula is C15H19IO2. The van der Waals surface area contributed by atoms with E-state index in [0.717, 1.165) is 14.3 Å². The van der Waals surface area contributed by atoms with Crippen LogP contribution in [0, 0.1) is 3.57 Å². The van der Waals surface area contributed by atoms with Gasteiger partial charge in [0.05, 0.1) is 5.56 Å². The van der Waals surface area contributed by atoms with Gasteiger partial charge in [0.25, 0.3) is 0 Å². The number of rotatable bonds is 1. The monoisotopic (exact) mass is 358 g/mol. The van der Waals surface area contributed by atoms with E-state index in [-0.39, 0.29) is 0 Å². The second kappa shape index (κ2) is 8.91. The minimum atomic E-state index is -0.875. The smallest absolute Gasteiger partial charge is 0.336 e. The SMILES string of the molecule is CC.CC.O=C(O)c1cc2ccccc2cc1I. The van der Waals surface area contributed by atoms with Gasteiger partial charge in [0.1, 0.15) is 0 Å². The number of carbonyl (C=O) groups is 1. The van der Waals surface area contributed by atoms with Crippen LogP contribution in [0.3, 0.4) is 0 Å². The standard InChI is InChI=1S/C11H7IO2.2C2H6/c12-10-6-8-4-2-1-3-7(8)5-9(10)11(13)14;2*1-2/h1-6H,(H,13,14);2*1-2H3. The van der Waals surface area contributed by atoms with Crippen molar-refractivity contribution in [2.24, 2.45) is 0 Å². The van der Waals surface area contributed by atoms with Crippen molar-refractivity contribution in [2.75, 3.05) is 0 Å². The molecule has 2 aromatic carbocycles. The Hall–Kier alpha value is -1.10. The van der Waals surface area contributed by atoms with Crippen molar-refractivity contribution in [2.45, 2.75) is 27.7 Å². The van der Waals surface area contributed by atoms with Crippen molar-refractivity contribution in [1.29, 1.82) is 0 Å². The molecule has 0 aliphatic rings.